The Labute approximate surface area is 84.5 Å². The molecule has 6 nitrogen and oxygen atoms in total. The summed E-state index contributed by atoms with van der Waals surface area (Å²) in [6, 6.07) is -0.590. The summed E-state index contributed by atoms with van der Waals surface area (Å²) in [5.74, 6) is -0.101. The van der Waals surface area contributed by atoms with Crippen LogP contribution >= 0.6 is 0 Å². The molecule has 0 heterocycles. The van der Waals surface area contributed by atoms with Crippen LogP contribution in [0.25, 0.3) is 0 Å². The van der Waals surface area contributed by atoms with Crippen molar-refractivity contribution in [3.8, 4) is 0 Å². The number of sulfonamides is 1. The fraction of sp³-hybridized carbons (Fsp3) is 1.00. The molecular weight excluding hydrogens is 208 g/mol. The van der Waals surface area contributed by atoms with Gasteiger partial charge in [0.2, 0.25) is 10.0 Å². The van der Waals surface area contributed by atoms with Gasteiger partial charge in [-0.15, -0.1) is 0 Å². The number of hydrogen-bond acceptors (Lipinski definition) is 5. The zero-order valence-corrected chi connectivity index (χ0v) is 9.25. The smallest absolute Gasteiger partial charge is 0.213 e. The van der Waals surface area contributed by atoms with Gasteiger partial charge in [-0.3, -0.25) is 0 Å². The van der Waals surface area contributed by atoms with E-state index in [1.54, 1.807) is 0 Å². The Balaban J connectivity index is 3.87. The predicted octanol–water partition coefficient (Wildman–Crippen LogP) is -1.74. The molecule has 0 spiro atoms. The second kappa shape index (κ2) is 6.31. The molecule has 0 aromatic rings. The zero-order chi connectivity index (χ0) is 11.2. The van der Waals surface area contributed by atoms with Crippen LogP contribution < -0.4 is 10.5 Å². The van der Waals surface area contributed by atoms with E-state index >= 15 is 0 Å². The van der Waals surface area contributed by atoms with Crippen LogP contribution in [0.4, 0.5) is 0 Å². The van der Waals surface area contributed by atoms with E-state index in [4.69, 9.17) is 10.8 Å². The van der Waals surface area contributed by atoms with E-state index in [0.29, 0.717) is 0 Å². The van der Waals surface area contributed by atoms with Crippen LogP contribution in [0.3, 0.4) is 0 Å². The number of hydrogen-bond donors (Lipinski definition) is 3. The molecule has 14 heavy (non-hydrogen) atoms. The Kier molecular flexibility index (Phi) is 6.21. The summed E-state index contributed by atoms with van der Waals surface area (Å²) in [4.78, 5) is 0. The van der Waals surface area contributed by atoms with Gasteiger partial charge >= 0.3 is 0 Å². The maximum absolute atomic E-state index is 11.2. The summed E-state index contributed by atoms with van der Waals surface area (Å²) < 4.78 is 29.3. The van der Waals surface area contributed by atoms with Crippen LogP contribution in [0, 0.1) is 0 Å². The number of rotatable bonds is 7. The molecule has 4 N–H and O–H groups in total. The minimum atomic E-state index is -3.34. The van der Waals surface area contributed by atoms with Crippen molar-refractivity contribution in [2.24, 2.45) is 5.73 Å². The first-order chi connectivity index (χ1) is 6.39. The van der Waals surface area contributed by atoms with Crippen molar-refractivity contribution in [3.63, 3.8) is 0 Å². The molecule has 2 atom stereocenters. The topological polar surface area (TPSA) is 102 Å². The van der Waals surface area contributed by atoms with Crippen molar-refractivity contribution in [1.29, 1.82) is 0 Å². The molecule has 0 aliphatic carbocycles. The standard InChI is InChI=1S/C7H18N2O4S/c1-6(10)7(8)5-9-14(11,12)4-3-13-2/h6-7,9-10H,3-5,8H2,1-2H3. The van der Waals surface area contributed by atoms with E-state index in [1.165, 1.54) is 14.0 Å². The number of aliphatic hydroxyl groups is 1. The molecule has 2 unspecified atom stereocenters. The Bertz CT molecular complexity index is 240. The van der Waals surface area contributed by atoms with Gasteiger partial charge in [0.15, 0.2) is 0 Å². The average Bonchev–Trinajstić information content (AvgIpc) is 2.11. The highest BCUT2D eigenvalue weighted by Gasteiger charge is 2.14. The molecule has 0 aromatic carbocycles. The van der Waals surface area contributed by atoms with E-state index in [-0.39, 0.29) is 18.9 Å². The number of aliphatic hydroxyl groups excluding tert-OH is 1. The van der Waals surface area contributed by atoms with Crippen LogP contribution in [0.5, 0.6) is 0 Å². The fourth-order valence-electron chi connectivity index (χ4n) is 0.659. The van der Waals surface area contributed by atoms with E-state index in [9.17, 15) is 8.42 Å². The van der Waals surface area contributed by atoms with Crippen LogP contribution in [-0.2, 0) is 14.8 Å². The summed E-state index contributed by atoms with van der Waals surface area (Å²) >= 11 is 0. The molecule has 0 aliphatic heterocycles. The molecule has 0 aliphatic rings. The Morgan fingerprint density at radius 3 is 2.57 bits per heavy atom. The first-order valence-electron chi connectivity index (χ1n) is 4.29. The maximum atomic E-state index is 11.2. The molecule has 0 bridgehead atoms. The maximum Gasteiger partial charge on any atom is 0.213 e. The van der Waals surface area contributed by atoms with Crippen molar-refractivity contribution in [2.45, 2.75) is 19.1 Å². The molecule has 0 rings (SSSR count). The Hall–Kier alpha value is -0.210. The lowest BCUT2D eigenvalue weighted by molar-refractivity contribution is 0.164. The van der Waals surface area contributed by atoms with Crippen molar-refractivity contribution < 1.29 is 18.3 Å². The molecule has 86 valence electrons. The largest absolute Gasteiger partial charge is 0.392 e. The van der Waals surface area contributed by atoms with Crippen molar-refractivity contribution in [2.75, 3.05) is 26.0 Å². The van der Waals surface area contributed by atoms with Crippen LogP contribution in [-0.4, -0.2) is 51.7 Å². The molecule has 0 saturated heterocycles. The molecule has 0 saturated carbocycles. The van der Waals surface area contributed by atoms with Crippen LogP contribution in [0.15, 0.2) is 0 Å². The average molecular weight is 226 g/mol. The third-order valence-electron chi connectivity index (χ3n) is 1.71. The van der Waals surface area contributed by atoms with Gasteiger partial charge in [-0.25, -0.2) is 13.1 Å². The third kappa shape index (κ3) is 6.28. The lowest BCUT2D eigenvalue weighted by Crippen LogP contribution is -2.44. The quantitative estimate of drug-likeness (QED) is 0.478. The normalized spacial score (nSPS) is 16.6. The minimum Gasteiger partial charge on any atom is -0.392 e. The Morgan fingerprint density at radius 1 is 1.57 bits per heavy atom. The van der Waals surface area contributed by atoms with Crippen molar-refractivity contribution >= 4 is 10.0 Å². The highest BCUT2D eigenvalue weighted by atomic mass is 32.2. The van der Waals surface area contributed by atoms with Gasteiger partial charge in [-0.1, -0.05) is 0 Å². The molecule has 0 radical (unpaired) electrons. The van der Waals surface area contributed by atoms with E-state index in [0.717, 1.165) is 0 Å². The lowest BCUT2D eigenvalue weighted by Gasteiger charge is -2.15. The molecule has 0 fully saturated rings. The van der Waals surface area contributed by atoms with Gasteiger partial charge in [-0.2, -0.15) is 0 Å². The molecular formula is C7H18N2O4S. The number of ether oxygens (including phenoxy) is 1. The zero-order valence-electron chi connectivity index (χ0n) is 8.43. The van der Waals surface area contributed by atoms with E-state index in [1.807, 2.05) is 0 Å². The van der Waals surface area contributed by atoms with Crippen LogP contribution in [0.1, 0.15) is 6.92 Å². The SMILES string of the molecule is COCCS(=O)(=O)NCC(N)C(C)O. The third-order valence-corrected chi connectivity index (χ3v) is 3.03. The summed E-state index contributed by atoms with van der Waals surface area (Å²) in [6.45, 7) is 1.68. The van der Waals surface area contributed by atoms with Gasteiger partial charge in [0.05, 0.1) is 18.5 Å². The summed E-state index contributed by atoms with van der Waals surface area (Å²) in [5.41, 5.74) is 5.44. The predicted molar refractivity (Wildman–Crippen MR) is 53.3 cm³/mol. The highest BCUT2D eigenvalue weighted by Crippen LogP contribution is 1.89. The lowest BCUT2D eigenvalue weighted by atomic mass is 10.2. The van der Waals surface area contributed by atoms with Crippen LogP contribution in [0.2, 0.25) is 0 Å². The summed E-state index contributed by atoms with van der Waals surface area (Å²) in [5, 5.41) is 9.01. The molecule has 0 amide bonds. The van der Waals surface area contributed by atoms with E-state index in [2.05, 4.69) is 9.46 Å². The summed E-state index contributed by atoms with van der Waals surface area (Å²) in [7, 11) is -1.91. The van der Waals surface area contributed by atoms with Crippen molar-refractivity contribution in [3.05, 3.63) is 0 Å². The second-order valence-corrected chi connectivity index (χ2v) is 4.99. The van der Waals surface area contributed by atoms with Gasteiger partial charge in [-0.05, 0) is 6.92 Å². The van der Waals surface area contributed by atoms with Gasteiger partial charge in [0.1, 0.15) is 0 Å². The minimum absolute atomic E-state index is 0.0315. The number of methoxy groups -OCH3 is 1. The molecule has 0 aromatic heterocycles. The van der Waals surface area contributed by atoms with Crippen molar-refractivity contribution in [1.82, 2.24) is 4.72 Å². The second-order valence-electron chi connectivity index (χ2n) is 3.06. The first kappa shape index (κ1) is 13.8. The highest BCUT2D eigenvalue weighted by molar-refractivity contribution is 7.89. The fourth-order valence-corrected chi connectivity index (χ4v) is 1.64. The Morgan fingerprint density at radius 2 is 2.14 bits per heavy atom. The number of nitrogens with two attached hydrogens (primary N) is 1. The summed E-state index contributed by atoms with van der Waals surface area (Å²) in [6.07, 6.45) is -0.736. The van der Waals surface area contributed by atoms with E-state index < -0.39 is 22.2 Å². The van der Waals surface area contributed by atoms with Gasteiger partial charge < -0.3 is 15.6 Å². The van der Waals surface area contributed by atoms with Gasteiger partial charge in [0.25, 0.3) is 0 Å². The molecule has 7 heteroatoms. The first-order valence-corrected chi connectivity index (χ1v) is 5.94. The van der Waals surface area contributed by atoms with Gasteiger partial charge in [0, 0.05) is 19.7 Å². The number of nitrogens with one attached hydrogen (secondary N) is 1. The monoisotopic (exact) mass is 226 g/mol.